The third-order valence-corrected chi connectivity index (χ3v) is 5.29. The van der Waals surface area contributed by atoms with Gasteiger partial charge in [0.05, 0.1) is 22.8 Å². The van der Waals surface area contributed by atoms with Crippen molar-refractivity contribution in [3.8, 4) is 6.07 Å². The van der Waals surface area contributed by atoms with Gasteiger partial charge in [-0.2, -0.15) is 41.3 Å². The largest absolute Gasteiger partial charge is 0.679 e. The minimum atomic E-state index is -0.243. The molecule has 0 fully saturated rings. The number of pyridine rings is 1. The number of hydrogen-bond donors (Lipinski definition) is 2. The topological polar surface area (TPSA) is 247 Å². The van der Waals surface area contributed by atoms with Crippen LogP contribution in [0.2, 0.25) is 0 Å². The summed E-state index contributed by atoms with van der Waals surface area (Å²) in [5.41, 5.74) is 36.1. The fourth-order valence-electron chi connectivity index (χ4n) is 3.39. The summed E-state index contributed by atoms with van der Waals surface area (Å²) in [7, 11) is 9.22. The van der Waals surface area contributed by atoms with E-state index in [4.69, 9.17) is 38.7 Å². The Balaban J connectivity index is -0.000000217. The first kappa shape index (κ1) is 60.3. The van der Waals surface area contributed by atoms with Gasteiger partial charge in [0, 0.05) is 48.3 Å². The van der Waals surface area contributed by atoms with E-state index in [1.165, 1.54) is 0 Å². The van der Waals surface area contributed by atoms with E-state index in [2.05, 4.69) is 39.5 Å². The second kappa shape index (κ2) is 45.2. The van der Waals surface area contributed by atoms with Gasteiger partial charge in [0.2, 0.25) is 5.91 Å². The number of amidine groups is 1. The number of nitriles is 1. The molecule has 14 nitrogen and oxygen atoms in total. The maximum Gasteiger partial charge on any atom is -0.171 e. The number of amides is 1. The quantitative estimate of drug-likeness (QED) is 0.0262. The van der Waals surface area contributed by atoms with Crippen LogP contribution in [0, 0.1) is 11.3 Å². The zero-order valence-corrected chi connectivity index (χ0v) is 35.7. The molecule has 2 aromatic carbocycles. The van der Waals surface area contributed by atoms with E-state index in [1.54, 1.807) is 42.4 Å². The van der Waals surface area contributed by atoms with Gasteiger partial charge in [-0.1, -0.05) is 68.6 Å². The van der Waals surface area contributed by atoms with Crippen LogP contribution in [0.3, 0.4) is 0 Å². The van der Waals surface area contributed by atoms with Crippen molar-refractivity contribution in [3.63, 3.8) is 0 Å². The van der Waals surface area contributed by atoms with Gasteiger partial charge >= 0.3 is 56.4 Å². The van der Waals surface area contributed by atoms with Crippen molar-refractivity contribution in [2.45, 2.75) is 34.1 Å². The number of carbonyl (C=O) groups is 1. The first-order valence-corrected chi connectivity index (χ1v) is 19.8. The number of benzene rings is 2. The van der Waals surface area contributed by atoms with Gasteiger partial charge in [0.1, 0.15) is 0 Å². The molecule has 1 heterocycles. The average Bonchev–Trinajstić information content (AvgIpc) is 3.14. The van der Waals surface area contributed by atoms with Gasteiger partial charge < -0.3 is 43.9 Å². The van der Waals surface area contributed by atoms with Crippen LogP contribution in [0.4, 0.5) is 5.69 Å². The van der Waals surface area contributed by atoms with Crippen molar-refractivity contribution >= 4 is 80.4 Å². The molecule has 3 aromatic rings. The predicted octanol–water partition coefficient (Wildman–Crippen LogP) is 9.50. The Labute approximate surface area is 337 Å². The van der Waals surface area contributed by atoms with Gasteiger partial charge in [0.15, 0.2) is 0 Å². The Bertz CT molecular complexity index is 1280. The van der Waals surface area contributed by atoms with E-state index in [9.17, 15) is 10.2 Å². The molecule has 20 heteroatoms. The number of nitrogens with one attached hydrogen (secondary N) is 6. The van der Waals surface area contributed by atoms with Crippen molar-refractivity contribution < 1.29 is 42.3 Å². The molecule has 0 spiro atoms. The number of hydrogen-bond acceptors (Lipinski definition) is 5. The molecule has 1 amide bonds. The molecule has 0 aliphatic heterocycles. The number of fused-ring (bicyclic) bond motifs is 2. The van der Waals surface area contributed by atoms with E-state index >= 15 is 0 Å². The van der Waals surface area contributed by atoms with Crippen LogP contribution in [0.25, 0.3) is 60.6 Å². The molecule has 1 atom stereocenters. The number of para-hydroxylation sites is 2. The maximum atomic E-state index is 12.2. The smallest absolute Gasteiger partial charge is 0.171 e. The Morgan fingerprint density at radius 3 is 1.78 bits per heavy atom. The zero-order valence-electron chi connectivity index (χ0n) is 27.4. The summed E-state index contributed by atoms with van der Waals surface area (Å²) in [4.78, 5) is 21.2. The molecule has 0 bridgehead atoms. The van der Waals surface area contributed by atoms with Gasteiger partial charge in [0.25, 0.3) is 0 Å². The first-order chi connectivity index (χ1) is 22.9. The predicted molar refractivity (Wildman–Crippen MR) is 214 cm³/mol. The SMILES string of the molecule is C.CCC#N.CCC(=[N-])N(CCNc1c2ccccc2nc2ccccc12)CC(=O)NCCN=[N+]=[N-].Cl.P.[Cl][Pt].[Cl][Pt].[NH-]CC[NH-].[NH-]CC[NH-]. The summed E-state index contributed by atoms with van der Waals surface area (Å²) < 4.78 is 0. The summed E-state index contributed by atoms with van der Waals surface area (Å²) >= 11 is 3.22. The second-order valence-electron chi connectivity index (χ2n) is 8.46. The molecule has 1 aromatic heterocycles. The fraction of sp³-hybridized carbons (Fsp3) is 0.467. The molecule has 1 unspecified atom stereocenters. The molecule has 0 aliphatic rings. The van der Waals surface area contributed by atoms with E-state index in [0.717, 1.165) is 27.5 Å². The number of carbonyl (C=O) groups excluding carboxylic acids is 1. The average molecular weight is 1140 g/mol. The van der Waals surface area contributed by atoms with Crippen LogP contribution in [0.5, 0.6) is 0 Å². The maximum absolute atomic E-state index is 12.2. The summed E-state index contributed by atoms with van der Waals surface area (Å²) in [6, 6.07) is 17.8. The third kappa shape index (κ3) is 28.8. The van der Waals surface area contributed by atoms with E-state index < -0.39 is 0 Å². The van der Waals surface area contributed by atoms with Crippen molar-refractivity contribution in [1.82, 2.24) is 15.2 Å². The molecule has 6 N–H and O–H groups in total. The summed E-state index contributed by atoms with van der Waals surface area (Å²) in [6.07, 6.45) is 1.05. The van der Waals surface area contributed by atoms with Crippen LogP contribution in [-0.2, 0) is 42.3 Å². The fourth-order valence-corrected chi connectivity index (χ4v) is 3.39. The van der Waals surface area contributed by atoms with Crippen LogP contribution in [0.1, 0.15) is 34.1 Å². The summed E-state index contributed by atoms with van der Waals surface area (Å²) in [5, 5.41) is 29.5. The molecule has 0 aliphatic carbocycles. The van der Waals surface area contributed by atoms with Crippen LogP contribution in [0.15, 0.2) is 53.6 Å². The van der Waals surface area contributed by atoms with Crippen molar-refractivity contribution in [3.05, 3.63) is 87.3 Å². The minimum Gasteiger partial charge on any atom is -0.679 e. The Hall–Kier alpha value is -1.83. The standard InChI is InChI=1S/C22H25N8O.C3H5N.2C2H6N2.CH4.3ClH.H3P.2Pt/c1-2-20(23)30(15-21(31)25-11-12-27-29-24)14-13-26-22-16-7-3-5-9-18(16)28-19-10-6-4-8-17(19)22;1-2-3-4;2*3-1-2-4;;;;;;;/h3-10H,2,11-15H2,1H3,(H,25,31)(H,26,28);2H2,1H3;2*3-4H,1-2H2;1H4;3*1H;1H3;;/q-1;;2*-2;;;;;;2*+1/p-2. The van der Waals surface area contributed by atoms with Crippen molar-refractivity contribution in [1.29, 1.82) is 5.26 Å². The van der Waals surface area contributed by atoms with Crippen molar-refractivity contribution in [2.24, 2.45) is 5.11 Å². The number of nitrogens with zero attached hydrogens (tertiary/aromatic N) is 7. The van der Waals surface area contributed by atoms with E-state index in [0.29, 0.717) is 25.9 Å². The van der Waals surface area contributed by atoms with Crippen LogP contribution >= 0.6 is 41.1 Å². The number of halogens is 3. The molecule has 0 saturated carbocycles. The third-order valence-electron chi connectivity index (χ3n) is 5.29. The van der Waals surface area contributed by atoms with Crippen LogP contribution < -0.4 is 10.6 Å². The first-order valence-electron chi connectivity index (χ1n) is 14.2. The molecular formula is C30H50Cl3N13OPPt2-5. The Kier molecular flexibility index (Phi) is 54.5. The van der Waals surface area contributed by atoms with Gasteiger partial charge in [-0.15, -0.1) is 12.4 Å². The van der Waals surface area contributed by atoms with Gasteiger partial charge in [-0.3, -0.25) is 4.79 Å². The second-order valence-corrected chi connectivity index (χ2v) is 8.46. The molecule has 50 heavy (non-hydrogen) atoms. The molecule has 292 valence electrons. The van der Waals surface area contributed by atoms with Crippen molar-refractivity contribution in [2.75, 3.05) is 64.2 Å². The Morgan fingerprint density at radius 1 is 0.960 bits per heavy atom. The number of aromatic nitrogens is 1. The molecule has 3 rings (SSSR count). The number of anilines is 1. The summed E-state index contributed by atoms with van der Waals surface area (Å²) in [5.74, 6) is -0.0932. The van der Waals surface area contributed by atoms with Gasteiger partial charge in [-0.25, -0.2) is 4.98 Å². The minimum absolute atomic E-state index is 0. The molecule has 0 radical (unpaired) electrons. The molecular weight excluding hydrogens is 1090 g/mol. The molecule has 0 saturated heterocycles. The van der Waals surface area contributed by atoms with Gasteiger partial charge in [-0.05, 0) is 30.6 Å². The zero-order chi connectivity index (χ0) is 36.3. The van der Waals surface area contributed by atoms with E-state index in [-0.39, 0.29) is 87.3 Å². The normalized spacial score (nSPS) is 8.38. The summed E-state index contributed by atoms with van der Waals surface area (Å²) in [6.45, 7) is 6.03. The number of rotatable bonds is 12. The van der Waals surface area contributed by atoms with Crippen LogP contribution in [-0.4, -0.2) is 80.5 Å². The Morgan fingerprint density at radius 2 is 1.40 bits per heavy atom. The van der Waals surface area contributed by atoms with E-state index in [1.807, 2.05) is 68.4 Å². The monoisotopic (exact) mass is 1130 g/mol. The number of azide groups is 1.